The van der Waals surface area contributed by atoms with Gasteiger partial charge in [-0.05, 0) is 48.9 Å². The molecule has 2 N–H and O–H groups in total. The first-order valence-corrected chi connectivity index (χ1v) is 7.67. The Kier molecular flexibility index (Phi) is 5.44. The van der Waals surface area contributed by atoms with Crippen molar-refractivity contribution in [3.8, 4) is 5.75 Å². The minimum Gasteiger partial charge on any atom is -0.496 e. The van der Waals surface area contributed by atoms with E-state index >= 15 is 0 Å². The summed E-state index contributed by atoms with van der Waals surface area (Å²) in [4.78, 5) is 0. The molecule has 1 fully saturated rings. The van der Waals surface area contributed by atoms with Gasteiger partial charge >= 0.3 is 0 Å². The number of aliphatic hydroxyl groups excluding tert-OH is 1. The summed E-state index contributed by atoms with van der Waals surface area (Å²) in [5.74, 6) is 1.59. The van der Waals surface area contributed by atoms with Crippen molar-refractivity contribution in [2.75, 3.05) is 13.7 Å². The van der Waals surface area contributed by atoms with Crippen LogP contribution in [-0.4, -0.2) is 24.8 Å². The molecule has 2 rings (SSSR count). The molecule has 0 heterocycles. The SMILES string of the molecule is COc1ccc(C(O)CNC2CCCCC2C)cc1C. The van der Waals surface area contributed by atoms with Crippen LogP contribution < -0.4 is 10.1 Å². The molecule has 0 aromatic heterocycles. The van der Waals surface area contributed by atoms with Crippen molar-refractivity contribution < 1.29 is 9.84 Å². The lowest BCUT2D eigenvalue weighted by Gasteiger charge is -2.30. The van der Waals surface area contributed by atoms with E-state index in [0.29, 0.717) is 18.5 Å². The van der Waals surface area contributed by atoms with Gasteiger partial charge in [0.1, 0.15) is 5.75 Å². The first-order valence-electron chi connectivity index (χ1n) is 7.67. The maximum Gasteiger partial charge on any atom is 0.121 e. The van der Waals surface area contributed by atoms with Gasteiger partial charge in [-0.3, -0.25) is 0 Å². The summed E-state index contributed by atoms with van der Waals surface area (Å²) in [6, 6.07) is 6.44. The second kappa shape index (κ2) is 7.09. The smallest absolute Gasteiger partial charge is 0.121 e. The van der Waals surface area contributed by atoms with Crippen molar-refractivity contribution in [2.45, 2.75) is 51.7 Å². The van der Waals surface area contributed by atoms with Crippen molar-refractivity contribution in [1.82, 2.24) is 5.32 Å². The zero-order valence-corrected chi connectivity index (χ0v) is 12.9. The van der Waals surface area contributed by atoms with Crippen LogP contribution in [0.3, 0.4) is 0 Å². The molecule has 1 aliphatic carbocycles. The Hall–Kier alpha value is -1.06. The Morgan fingerprint density at radius 1 is 1.35 bits per heavy atom. The van der Waals surface area contributed by atoms with Crippen LogP contribution in [-0.2, 0) is 0 Å². The molecule has 0 aliphatic heterocycles. The van der Waals surface area contributed by atoms with Gasteiger partial charge < -0.3 is 15.2 Å². The molecule has 1 aromatic rings. The van der Waals surface area contributed by atoms with Gasteiger partial charge in [-0.25, -0.2) is 0 Å². The highest BCUT2D eigenvalue weighted by Gasteiger charge is 2.21. The standard InChI is InChI=1S/C17H27NO2/c1-12-6-4-5-7-15(12)18-11-16(19)14-8-9-17(20-3)13(2)10-14/h8-10,12,15-16,18-19H,4-7,11H2,1-3H3. The van der Waals surface area contributed by atoms with Crippen molar-refractivity contribution in [3.63, 3.8) is 0 Å². The zero-order chi connectivity index (χ0) is 14.5. The van der Waals surface area contributed by atoms with Crippen LogP contribution in [0, 0.1) is 12.8 Å². The highest BCUT2D eigenvalue weighted by atomic mass is 16.5. The molecule has 3 nitrogen and oxygen atoms in total. The third-order valence-electron chi connectivity index (χ3n) is 4.49. The monoisotopic (exact) mass is 277 g/mol. The first kappa shape index (κ1) is 15.3. The lowest BCUT2D eigenvalue weighted by atomic mass is 9.86. The van der Waals surface area contributed by atoms with Gasteiger partial charge in [-0.2, -0.15) is 0 Å². The van der Waals surface area contributed by atoms with E-state index in [1.54, 1.807) is 7.11 Å². The lowest BCUT2D eigenvalue weighted by Crippen LogP contribution is -2.39. The first-order chi connectivity index (χ1) is 9.61. The Bertz CT molecular complexity index is 433. The summed E-state index contributed by atoms with van der Waals surface area (Å²) in [5, 5.41) is 13.9. The number of hydrogen-bond donors (Lipinski definition) is 2. The number of methoxy groups -OCH3 is 1. The lowest BCUT2D eigenvalue weighted by molar-refractivity contribution is 0.157. The second-order valence-electron chi connectivity index (χ2n) is 6.02. The summed E-state index contributed by atoms with van der Waals surface area (Å²) >= 11 is 0. The Labute approximate surface area is 122 Å². The van der Waals surface area contributed by atoms with Crippen molar-refractivity contribution >= 4 is 0 Å². The highest BCUT2D eigenvalue weighted by Crippen LogP contribution is 2.25. The topological polar surface area (TPSA) is 41.5 Å². The molecule has 1 saturated carbocycles. The van der Waals surface area contributed by atoms with E-state index in [1.165, 1.54) is 25.7 Å². The maximum atomic E-state index is 10.3. The van der Waals surface area contributed by atoms with E-state index in [9.17, 15) is 5.11 Å². The number of aliphatic hydroxyl groups is 1. The fourth-order valence-electron chi connectivity index (χ4n) is 3.11. The molecule has 1 aliphatic rings. The van der Waals surface area contributed by atoms with Gasteiger partial charge in [-0.1, -0.05) is 25.8 Å². The minimum absolute atomic E-state index is 0.450. The molecule has 20 heavy (non-hydrogen) atoms. The van der Waals surface area contributed by atoms with Gasteiger partial charge in [0, 0.05) is 12.6 Å². The maximum absolute atomic E-state index is 10.3. The number of aryl methyl sites for hydroxylation is 1. The summed E-state index contributed by atoms with van der Waals surface area (Å²) < 4.78 is 5.25. The van der Waals surface area contributed by atoms with Crippen LogP contribution in [0.5, 0.6) is 5.75 Å². The fraction of sp³-hybridized carbons (Fsp3) is 0.647. The Morgan fingerprint density at radius 3 is 2.75 bits per heavy atom. The largest absolute Gasteiger partial charge is 0.496 e. The van der Waals surface area contributed by atoms with Crippen LogP contribution in [0.2, 0.25) is 0 Å². The molecule has 0 radical (unpaired) electrons. The Morgan fingerprint density at radius 2 is 2.10 bits per heavy atom. The van der Waals surface area contributed by atoms with E-state index in [1.807, 2.05) is 25.1 Å². The summed E-state index contributed by atoms with van der Waals surface area (Å²) in [7, 11) is 1.67. The third-order valence-corrected chi connectivity index (χ3v) is 4.49. The minimum atomic E-state index is -0.450. The van der Waals surface area contributed by atoms with Gasteiger partial charge in [0.05, 0.1) is 13.2 Å². The van der Waals surface area contributed by atoms with E-state index in [2.05, 4.69) is 12.2 Å². The summed E-state index contributed by atoms with van der Waals surface area (Å²) in [6.45, 7) is 4.94. The van der Waals surface area contributed by atoms with Crippen LogP contribution in [0.25, 0.3) is 0 Å². The zero-order valence-electron chi connectivity index (χ0n) is 12.9. The molecule has 0 bridgehead atoms. The molecular formula is C17H27NO2. The number of hydrogen-bond acceptors (Lipinski definition) is 3. The van der Waals surface area contributed by atoms with Gasteiger partial charge in [0.2, 0.25) is 0 Å². The highest BCUT2D eigenvalue weighted by molar-refractivity contribution is 5.37. The van der Waals surface area contributed by atoms with E-state index in [0.717, 1.165) is 16.9 Å². The van der Waals surface area contributed by atoms with Crippen LogP contribution in [0.1, 0.15) is 49.8 Å². The number of nitrogens with one attached hydrogen (secondary N) is 1. The van der Waals surface area contributed by atoms with E-state index in [4.69, 9.17) is 4.74 Å². The predicted molar refractivity (Wildman–Crippen MR) is 82.1 cm³/mol. The molecule has 3 heteroatoms. The second-order valence-corrected chi connectivity index (χ2v) is 6.02. The molecule has 0 saturated heterocycles. The van der Waals surface area contributed by atoms with Gasteiger partial charge in [-0.15, -0.1) is 0 Å². The van der Waals surface area contributed by atoms with Crippen LogP contribution in [0.4, 0.5) is 0 Å². The normalized spacial score (nSPS) is 24.4. The molecule has 3 atom stereocenters. The van der Waals surface area contributed by atoms with Gasteiger partial charge in [0.25, 0.3) is 0 Å². The van der Waals surface area contributed by atoms with E-state index < -0.39 is 6.10 Å². The molecule has 112 valence electrons. The molecule has 3 unspecified atom stereocenters. The van der Waals surface area contributed by atoms with Gasteiger partial charge in [0.15, 0.2) is 0 Å². The van der Waals surface area contributed by atoms with Crippen molar-refractivity contribution in [2.24, 2.45) is 5.92 Å². The van der Waals surface area contributed by atoms with E-state index in [-0.39, 0.29) is 0 Å². The van der Waals surface area contributed by atoms with Crippen LogP contribution in [0.15, 0.2) is 18.2 Å². The summed E-state index contributed by atoms with van der Waals surface area (Å²) in [5.41, 5.74) is 2.02. The average Bonchev–Trinajstić information content (AvgIpc) is 2.46. The molecule has 1 aromatic carbocycles. The molecule has 0 spiro atoms. The molecule has 0 amide bonds. The average molecular weight is 277 g/mol. The van der Waals surface area contributed by atoms with Crippen molar-refractivity contribution in [1.29, 1.82) is 0 Å². The number of ether oxygens (including phenoxy) is 1. The fourth-order valence-corrected chi connectivity index (χ4v) is 3.11. The third kappa shape index (κ3) is 3.74. The number of rotatable bonds is 5. The predicted octanol–water partition coefficient (Wildman–Crippen LogP) is 3.21. The van der Waals surface area contributed by atoms with Crippen molar-refractivity contribution in [3.05, 3.63) is 29.3 Å². The summed E-state index contributed by atoms with van der Waals surface area (Å²) in [6.07, 6.45) is 4.73. The van der Waals surface area contributed by atoms with Crippen LogP contribution >= 0.6 is 0 Å². The molecular weight excluding hydrogens is 250 g/mol. The Balaban J connectivity index is 1.91. The number of benzene rings is 1. The quantitative estimate of drug-likeness (QED) is 0.868.